The van der Waals surface area contributed by atoms with Gasteiger partial charge in [-0.15, -0.1) is 11.3 Å². The molecular formula is C18H18ClN3S. The van der Waals surface area contributed by atoms with Crippen molar-refractivity contribution in [3.63, 3.8) is 0 Å². The minimum atomic E-state index is 0.00796. The summed E-state index contributed by atoms with van der Waals surface area (Å²) in [6.45, 7) is 6.60. The number of aromatic nitrogens is 2. The van der Waals surface area contributed by atoms with Crippen LogP contribution in [0.4, 0.5) is 5.82 Å². The zero-order valence-corrected chi connectivity index (χ0v) is 14.9. The van der Waals surface area contributed by atoms with Gasteiger partial charge < -0.3 is 0 Å². The van der Waals surface area contributed by atoms with Crippen molar-refractivity contribution in [2.24, 2.45) is 4.99 Å². The van der Waals surface area contributed by atoms with Gasteiger partial charge in [-0.25, -0.2) is 9.98 Å². The molecule has 0 bridgehead atoms. The third-order valence-corrected chi connectivity index (χ3v) is 4.50. The van der Waals surface area contributed by atoms with Crippen molar-refractivity contribution in [3.8, 4) is 5.69 Å². The van der Waals surface area contributed by atoms with E-state index >= 15 is 0 Å². The van der Waals surface area contributed by atoms with E-state index in [0.29, 0.717) is 5.82 Å². The van der Waals surface area contributed by atoms with Crippen LogP contribution in [0.2, 0.25) is 5.02 Å². The van der Waals surface area contributed by atoms with E-state index in [4.69, 9.17) is 16.6 Å². The molecular weight excluding hydrogens is 326 g/mol. The predicted octanol–water partition coefficient (Wildman–Crippen LogP) is 5.12. The highest BCUT2D eigenvalue weighted by Crippen LogP contribution is 2.26. The highest BCUT2D eigenvalue weighted by Gasteiger charge is 2.20. The van der Waals surface area contributed by atoms with Crippen LogP contribution in [0.3, 0.4) is 0 Å². The molecule has 2 heterocycles. The maximum absolute atomic E-state index is 6.03. The highest BCUT2D eigenvalue weighted by atomic mass is 35.5. The summed E-state index contributed by atoms with van der Waals surface area (Å²) < 4.78 is 2.18. The van der Waals surface area contributed by atoms with Crippen LogP contribution in [-0.2, 0) is 5.41 Å². The molecule has 0 radical (unpaired) electrons. The summed E-state index contributed by atoms with van der Waals surface area (Å²) in [7, 11) is 0. The molecule has 0 fully saturated rings. The van der Waals surface area contributed by atoms with E-state index in [1.54, 1.807) is 17.5 Å². The lowest BCUT2D eigenvalue weighted by molar-refractivity contribution is 0.553. The summed E-state index contributed by atoms with van der Waals surface area (Å²) in [5.41, 5.74) is 2.27. The van der Waals surface area contributed by atoms with Crippen molar-refractivity contribution < 1.29 is 0 Å². The van der Waals surface area contributed by atoms with E-state index in [9.17, 15) is 0 Å². The molecule has 0 aliphatic heterocycles. The molecule has 23 heavy (non-hydrogen) atoms. The van der Waals surface area contributed by atoms with Gasteiger partial charge in [-0.2, -0.15) is 0 Å². The maximum atomic E-state index is 6.03. The van der Waals surface area contributed by atoms with Gasteiger partial charge in [-0.05, 0) is 36.4 Å². The first-order valence-corrected chi connectivity index (χ1v) is 8.63. The van der Waals surface area contributed by atoms with Gasteiger partial charge in [0.1, 0.15) is 0 Å². The summed E-state index contributed by atoms with van der Waals surface area (Å²) in [4.78, 5) is 9.91. The van der Waals surface area contributed by atoms with Crippen molar-refractivity contribution in [3.05, 3.63) is 69.6 Å². The average molecular weight is 344 g/mol. The number of thiazole rings is 1. The molecule has 0 spiro atoms. The molecule has 3 aromatic rings. The van der Waals surface area contributed by atoms with Gasteiger partial charge in [-0.1, -0.05) is 38.4 Å². The van der Waals surface area contributed by atoms with Crippen molar-refractivity contribution in [1.82, 2.24) is 9.55 Å². The lowest BCUT2D eigenvalue weighted by Crippen LogP contribution is -2.23. The Labute approximate surface area is 144 Å². The largest absolute Gasteiger partial charge is 0.289 e. The quantitative estimate of drug-likeness (QED) is 0.635. The molecule has 1 aromatic carbocycles. The van der Waals surface area contributed by atoms with Crippen molar-refractivity contribution in [1.29, 1.82) is 0 Å². The average Bonchev–Trinajstić information content (AvgIpc) is 2.93. The van der Waals surface area contributed by atoms with Crippen LogP contribution >= 0.6 is 22.9 Å². The Kier molecular flexibility index (Phi) is 4.37. The van der Waals surface area contributed by atoms with Crippen LogP contribution in [0.1, 0.15) is 26.5 Å². The Balaban J connectivity index is 2.24. The Morgan fingerprint density at radius 1 is 1.09 bits per heavy atom. The van der Waals surface area contributed by atoms with Gasteiger partial charge in [0.25, 0.3) is 0 Å². The topological polar surface area (TPSA) is 30.2 Å². The highest BCUT2D eigenvalue weighted by molar-refractivity contribution is 7.07. The second-order valence-corrected chi connectivity index (χ2v) is 7.54. The van der Waals surface area contributed by atoms with Gasteiger partial charge in [0, 0.05) is 33.4 Å². The SMILES string of the molecule is CC(C)(C)c1csc(=Nc2ccccn2)n1-c1ccc(Cl)cc1. The Morgan fingerprint density at radius 2 is 1.83 bits per heavy atom. The zero-order valence-electron chi connectivity index (χ0n) is 13.3. The standard InChI is InChI=1S/C18H18ClN3S/c1-18(2,3)15-12-23-17(21-16-6-4-5-11-20-16)22(15)14-9-7-13(19)8-10-14/h4-12H,1-3H3. The monoisotopic (exact) mass is 343 g/mol. The van der Waals surface area contributed by atoms with Gasteiger partial charge in [0.15, 0.2) is 10.6 Å². The predicted molar refractivity (Wildman–Crippen MR) is 96.8 cm³/mol. The van der Waals surface area contributed by atoms with Gasteiger partial charge in [0.05, 0.1) is 0 Å². The van der Waals surface area contributed by atoms with Crippen LogP contribution in [0, 0.1) is 0 Å². The first-order chi connectivity index (χ1) is 10.9. The van der Waals surface area contributed by atoms with E-state index in [0.717, 1.165) is 15.5 Å². The van der Waals surface area contributed by atoms with E-state index in [-0.39, 0.29) is 5.41 Å². The molecule has 0 N–H and O–H groups in total. The van der Waals surface area contributed by atoms with E-state index in [1.165, 1.54) is 5.69 Å². The Morgan fingerprint density at radius 3 is 2.43 bits per heavy atom. The first-order valence-electron chi connectivity index (χ1n) is 7.38. The molecule has 118 valence electrons. The molecule has 3 rings (SSSR count). The molecule has 0 aliphatic rings. The Bertz CT molecular complexity index is 856. The molecule has 0 amide bonds. The summed E-state index contributed by atoms with van der Waals surface area (Å²) in [6.07, 6.45) is 1.75. The van der Waals surface area contributed by atoms with E-state index in [2.05, 4.69) is 35.7 Å². The fourth-order valence-electron chi connectivity index (χ4n) is 2.26. The second-order valence-electron chi connectivity index (χ2n) is 6.27. The normalized spacial score (nSPS) is 12.6. The molecule has 0 aliphatic carbocycles. The van der Waals surface area contributed by atoms with E-state index in [1.807, 2.05) is 42.5 Å². The number of benzene rings is 1. The van der Waals surface area contributed by atoms with Crippen LogP contribution in [-0.4, -0.2) is 9.55 Å². The Hall–Kier alpha value is -1.91. The van der Waals surface area contributed by atoms with Crippen molar-refractivity contribution >= 4 is 28.8 Å². The number of rotatable bonds is 2. The minimum Gasteiger partial charge on any atom is -0.289 e. The molecule has 5 heteroatoms. The van der Waals surface area contributed by atoms with Gasteiger partial charge >= 0.3 is 0 Å². The summed E-state index contributed by atoms with van der Waals surface area (Å²) in [5.74, 6) is 0.706. The zero-order chi connectivity index (χ0) is 16.4. The number of hydrogen-bond acceptors (Lipinski definition) is 3. The lowest BCUT2D eigenvalue weighted by atomic mass is 9.93. The summed E-state index contributed by atoms with van der Waals surface area (Å²) in [5, 5.41) is 2.89. The molecule has 0 atom stereocenters. The third-order valence-electron chi connectivity index (χ3n) is 3.42. The number of halogens is 1. The van der Waals surface area contributed by atoms with Crippen LogP contribution in [0.15, 0.2) is 59.0 Å². The molecule has 0 saturated carbocycles. The maximum Gasteiger partial charge on any atom is 0.196 e. The molecule has 2 aromatic heterocycles. The first kappa shape index (κ1) is 16.0. The van der Waals surface area contributed by atoms with Gasteiger partial charge in [0.2, 0.25) is 0 Å². The number of pyridine rings is 1. The third kappa shape index (κ3) is 3.54. The number of hydrogen-bond donors (Lipinski definition) is 0. The van der Waals surface area contributed by atoms with Crippen LogP contribution in [0.25, 0.3) is 5.69 Å². The van der Waals surface area contributed by atoms with E-state index < -0.39 is 0 Å². The molecule has 0 unspecified atom stereocenters. The summed E-state index contributed by atoms with van der Waals surface area (Å²) in [6, 6.07) is 13.6. The van der Waals surface area contributed by atoms with Crippen molar-refractivity contribution in [2.75, 3.05) is 0 Å². The van der Waals surface area contributed by atoms with Crippen molar-refractivity contribution in [2.45, 2.75) is 26.2 Å². The van der Waals surface area contributed by atoms with Crippen LogP contribution in [0.5, 0.6) is 0 Å². The molecule has 3 nitrogen and oxygen atoms in total. The minimum absolute atomic E-state index is 0.00796. The fourth-order valence-corrected chi connectivity index (χ4v) is 3.52. The number of nitrogens with zero attached hydrogens (tertiary/aromatic N) is 3. The summed E-state index contributed by atoms with van der Waals surface area (Å²) >= 11 is 7.65. The molecule has 0 saturated heterocycles. The van der Waals surface area contributed by atoms with Gasteiger partial charge in [-0.3, -0.25) is 4.57 Å². The lowest BCUT2D eigenvalue weighted by Gasteiger charge is -2.21. The smallest absolute Gasteiger partial charge is 0.196 e. The fraction of sp³-hybridized carbons (Fsp3) is 0.222. The van der Waals surface area contributed by atoms with Crippen LogP contribution < -0.4 is 4.80 Å². The second kappa shape index (κ2) is 6.30.